The lowest BCUT2D eigenvalue weighted by Gasteiger charge is -2.28. The van der Waals surface area contributed by atoms with Crippen LogP contribution in [0.25, 0.3) is 0 Å². The van der Waals surface area contributed by atoms with Gasteiger partial charge in [-0.3, -0.25) is 0 Å². The SMILES string of the molecule is O=C(O)c1cc(S(=O)(=O)N2CCCC2C2CCCC2)c[nH]1. The molecule has 1 saturated heterocycles. The Hall–Kier alpha value is -1.34. The number of nitrogens with one attached hydrogen (secondary N) is 1. The summed E-state index contributed by atoms with van der Waals surface area (Å²) in [6.45, 7) is 0.539. The molecule has 0 amide bonds. The number of aromatic nitrogens is 1. The predicted octanol–water partition coefficient (Wildman–Crippen LogP) is 2.06. The smallest absolute Gasteiger partial charge is 0.352 e. The summed E-state index contributed by atoms with van der Waals surface area (Å²) in [5.41, 5.74) is -0.0924. The van der Waals surface area contributed by atoms with Gasteiger partial charge in [-0.25, -0.2) is 13.2 Å². The zero-order valence-electron chi connectivity index (χ0n) is 11.8. The van der Waals surface area contributed by atoms with Gasteiger partial charge in [0.2, 0.25) is 10.0 Å². The van der Waals surface area contributed by atoms with E-state index in [1.54, 1.807) is 4.31 Å². The van der Waals surface area contributed by atoms with E-state index in [1.165, 1.54) is 25.1 Å². The zero-order chi connectivity index (χ0) is 15.0. The minimum atomic E-state index is -3.60. The molecule has 0 aromatic carbocycles. The standard InChI is InChI=1S/C14H20N2O4S/c17-14(18)12-8-11(9-15-12)21(19,20)16-7-3-6-13(16)10-4-1-2-5-10/h8-10,13,15H,1-7H2,(H,17,18). The fourth-order valence-corrected chi connectivity index (χ4v) is 5.41. The molecule has 2 fully saturated rings. The highest BCUT2D eigenvalue weighted by Crippen LogP contribution is 2.38. The van der Waals surface area contributed by atoms with E-state index in [0.717, 1.165) is 25.7 Å². The highest BCUT2D eigenvalue weighted by atomic mass is 32.2. The van der Waals surface area contributed by atoms with Crippen LogP contribution in [0, 0.1) is 5.92 Å². The highest BCUT2D eigenvalue weighted by Gasteiger charge is 2.40. The van der Waals surface area contributed by atoms with Crippen LogP contribution in [0.1, 0.15) is 49.0 Å². The second kappa shape index (κ2) is 5.46. The van der Waals surface area contributed by atoms with Gasteiger partial charge in [-0.2, -0.15) is 4.31 Å². The number of rotatable bonds is 4. The topological polar surface area (TPSA) is 90.5 Å². The molecule has 0 radical (unpaired) electrons. The minimum absolute atomic E-state index is 0.0600. The molecule has 1 aliphatic carbocycles. The van der Waals surface area contributed by atoms with E-state index in [9.17, 15) is 13.2 Å². The summed E-state index contributed by atoms with van der Waals surface area (Å²) in [5.74, 6) is -0.689. The third-order valence-corrected chi connectivity index (χ3v) is 6.59. The van der Waals surface area contributed by atoms with Gasteiger partial charge in [0.05, 0.1) is 0 Å². The van der Waals surface area contributed by atoms with Gasteiger partial charge < -0.3 is 10.1 Å². The largest absolute Gasteiger partial charge is 0.477 e. The van der Waals surface area contributed by atoms with E-state index in [1.807, 2.05) is 0 Å². The van der Waals surface area contributed by atoms with Crippen LogP contribution < -0.4 is 0 Å². The van der Waals surface area contributed by atoms with Crippen molar-refractivity contribution in [3.63, 3.8) is 0 Å². The van der Waals surface area contributed by atoms with Crippen LogP contribution in [-0.2, 0) is 10.0 Å². The first kappa shape index (κ1) is 14.6. The molecule has 7 heteroatoms. The van der Waals surface area contributed by atoms with Crippen LogP contribution in [0.3, 0.4) is 0 Å². The first-order valence-electron chi connectivity index (χ1n) is 7.43. The lowest BCUT2D eigenvalue weighted by molar-refractivity contribution is 0.0691. The molecule has 116 valence electrons. The van der Waals surface area contributed by atoms with E-state index in [-0.39, 0.29) is 16.6 Å². The first-order chi connectivity index (χ1) is 10.00. The number of nitrogens with zero attached hydrogens (tertiary/aromatic N) is 1. The van der Waals surface area contributed by atoms with Gasteiger partial charge in [0.15, 0.2) is 0 Å². The Balaban J connectivity index is 1.87. The number of aromatic amines is 1. The summed E-state index contributed by atoms with van der Waals surface area (Å²) in [6.07, 6.45) is 7.65. The van der Waals surface area contributed by atoms with Crippen LogP contribution in [0.2, 0.25) is 0 Å². The zero-order valence-corrected chi connectivity index (χ0v) is 12.6. The van der Waals surface area contributed by atoms with Crippen LogP contribution in [0.4, 0.5) is 0 Å². The Morgan fingerprint density at radius 2 is 1.95 bits per heavy atom. The monoisotopic (exact) mass is 312 g/mol. The molecule has 0 spiro atoms. The fraction of sp³-hybridized carbons (Fsp3) is 0.643. The summed E-state index contributed by atoms with van der Waals surface area (Å²) in [5, 5.41) is 8.91. The number of carbonyl (C=O) groups is 1. The molecule has 21 heavy (non-hydrogen) atoms. The van der Waals surface area contributed by atoms with Gasteiger partial charge in [0.1, 0.15) is 10.6 Å². The fourth-order valence-electron chi connectivity index (χ4n) is 3.66. The van der Waals surface area contributed by atoms with E-state index < -0.39 is 16.0 Å². The molecule has 1 aliphatic heterocycles. The molecule has 1 unspecified atom stereocenters. The predicted molar refractivity (Wildman–Crippen MR) is 76.6 cm³/mol. The van der Waals surface area contributed by atoms with Crippen molar-refractivity contribution in [2.24, 2.45) is 5.92 Å². The Labute approximate surface area is 124 Å². The molecule has 2 heterocycles. The number of hydrogen-bond acceptors (Lipinski definition) is 3. The van der Waals surface area contributed by atoms with Crippen molar-refractivity contribution >= 4 is 16.0 Å². The van der Waals surface area contributed by atoms with Gasteiger partial charge in [-0.1, -0.05) is 12.8 Å². The molecule has 1 saturated carbocycles. The Morgan fingerprint density at radius 1 is 1.24 bits per heavy atom. The van der Waals surface area contributed by atoms with Crippen LogP contribution in [0.5, 0.6) is 0 Å². The molecule has 0 bridgehead atoms. The average molecular weight is 312 g/mol. The molecule has 1 atom stereocenters. The third kappa shape index (κ3) is 2.60. The number of sulfonamides is 1. The molecule has 6 nitrogen and oxygen atoms in total. The van der Waals surface area contributed by atoms with Gasteiger partial charge in [0, 0.05) is 18.8 Å². The lowest BCUT2D eigenvalue weighted by Crippen LogP contribution is -2.39. The third-order valence-electron chi connectivity index (χ3n) is 4.69. The molecule has 1 aromatic heterocycles. The van der Waals surface area contributed by atoms with Crippen molar-refractivity contribution in [2.75, 3.05) is 6.54 Å². The summed E-state index contributed by atoms with van der Waals surface area (Å²) >= 11 is 0. The van der Waals surface area contributed by atoms with E-state index in [4.69, 9.17) is 5.11 Å². The maximum absolute atomic E-state index is 12.8. The van der Waals surface area contributed by atoms with Crippen molar-refractivity contribution in [1.82, 2.24) is 9.29 Å². The molecule has 2 N–H and O–H groups in total. The maximum Gasteiger partial charge on any atom is 0.352 e. The minimum Gasteiger partial charge on any atom is -0.477 e. The molecular weight excluding hydrogens is 292 g/mol. The summed E-state index contributed by atoms with van der Waals surface area (Å²) < 4.78 is 27.1. The van der Waals surface area contributed by atoms with Crippen molar-refractivity contribution in [1.29, 1.82) is 0 Å². The summed E-state index contributed by atoms with van der Waals surface area (Å²) in [6, 6.07) is 1.29. The number of H-pyrrole nitrogens is 1. The van der Waals surface area contributed by atoms with Gasteiger partial charge >= 0.3 is 5.97 Å². The Kier molecular flexibility index (Phi) is 3.79. The number of aromatic carboxylic acids is 1. The van der Waals surface area contributed by atoms with Crippen molar-refractivity contribution < 1.29 is 18.3 Å². The highest BCUT2D eigenvalue weighted by molar-refractivity contribution is 7.89. The van der Waals surface area contributed by atoms with E-state index >= 15 is 0 Å². The van der Waals surface area contributed by atoms with Gasteiger partial charge in [-0.15, -0.1) is 0 Å². The van der Waals surface area contributed by atoms with E-state index in [0.29, 0.717) is 12.5 Å². The quantitative estimate of drug-likeness (QED) is 0.890. The van der Waals surface area contributed by atoms with Gasteiger partial charge in [0.25, 0.3) is 0 Å². The second-order valence-corrected chi connectivity index (χ2v) is 7.81. The first-order valence-corrected chi connectivity index (χ1v) is 8.88. The van der Waals surface area contributed by atoms with E-state index in [2.05, 4.69) is 4.98 Å². The number of carboxylic acid groups (broad SMARTS) is 1. The normalized spacial score (nSPS) is 24.7. The van der Waals surface area contributed by atoms with Gasteiger partial charge in [-0.05, 0) is 37.7 Å². The molecule has 3 rings (SSSR count). The molecular formula is C14H20N2O4S. The van der Waals surface area contributed by atoms with Crippen LogP contribution in [-0.4, -0.2) is 41.4 Å². The Bertz CT molecular complexity index is 631. The van der Waals surface area contributed by atoms with Crippen molar-refractivity contribution in [2.45, 2.75) is 49.5 Å². The maximum atomic E-state index is 12.8. The summed E-state index contributed by atoms with van der Waals surface area (Å²) in [4.78, 5) is 13.5. The molecule has 2 aliphatic rings. The molecule has 1 aromatic rings. The number of carboxylic acids is 1. The Morgan fingerprint density at radius 3 is 2.57 bits per heavy atom. The summed E-state index contributed by atoms with van der Waals surface area (Å²) in [7, 11) is -3.60. The average Bonchev–Trinajstić information content (AvgIpc) is 3.19. The van der Waals surface area contributed by atoms with Crippen molar-refractivity contribution in [3.05, 3.63) is 18.0 Å². The second-order valence-electron chi connectivity index (χ2n) is 5.92. The lowest BCUT2D eigenvalue weighted by atomic mass is 9.97. The van der Waals surface area contributed by atoms with Crippen molar-refractivity contribution in [3.8, 4) is 0 Å². The number of hydrogen-bond donors (Lipinski definition) is 2. The van der Waals surface area contributed by atoms with Crippen LogP contribution in [0.15, 0.2) is 17.2 Å². The van der Waals surface area contributed by atoms with Crippen LogP contribution >= 0.6 is 0 Å².